The van der Waals surface area contributed by atoms with Gasteiger partial charge in [-0.2, -0.15) is 10.4 Å². The smallest absolute Gasteiger partial charge is 0.252 e. The van der Waals surface area contributed by atoms with Crippen molar-refractivity contribution in [3.8, 4) is 6.07 Å². The lowest BCUT2D eigenvalue weighted by Gasteiger charge is -2.48. The monoisotopic (exact) mass is 470 g/mol. The second-order valence-electron chi connectivity index (χ2n) is 9.39. The molecule has 0 aliphatic carbocycles. The van der Waals surface area contributed by atoms with Crippen molar-refractivity contribution in [3.63, 3.8) is 0 Å². The highest BCUT2D eigenvalue weighted by Gasteiger charge is 2.35. The Morgan fingerprint density at radius 3 is 2.69 bits per heavy atom. The molecule has 1 saturated heterocycles. The number of fused-ring (bicyclic) bond motifs is 2. The van der Waals surface area contributed by atoms with Crippen LogP contribution in [0.3, 0.4) is 0 Å². The molecule has 0 saturated carbocycles. The molecule has 3 atom stereocenters. The predicted molar refractivity (Wildman–Crippen MR) is 136 cm³/mol. The highest BCUT2D eigenvalue weighted by atomic mass is 16.1. The normalized spacial score (nSPS) is 19.8. The first-order chi connectivity index (χ1) is 16.9. The number of aromatic nitrogens is 5. The zero-order chi connectivity index (χ0) is 24.7. The summed E-state index contributed by atoms with van der Waals surface area (Å²) in [5, 5.41) is 13.8. The van der Waals surface area contributed by atoms with Crippen LogP contribution in [0.25, 0.3) is 22.1 Å². The molecule has 0 bridgehead atoms. The van der Waals surface area contributed by atoms with Gasteiger partial charge in [0.1, 0.15) is 12.1 Å². The second-order valence-corrected chi connectivity index (χ2v) is 9.39. The molecule has 180 valence electrons. The molecular weight excluding hydrogens is 440 g/mol. The Labute approximate surface area is 204 Å². The zero-order valence-electron chi connectivity index (χ0n) is 20.6. The molecule has 9 nitrogen and oxygen atoms in total. The summed E-state index contributed by atoms with van der Waals surface area (Å²) in [6.45, 7) is 8.47. The lowest BCUT2D eigenvalue weighted by molar-refractivity contribution is 0.106. The molecule has 0 spiro atoms. The topological polar surface area (TPSA) is 95.9 Å². The van der Waals surface area contributed by atoms with E-state index in [2.05, 4.69) is 63.8 Å². The van der Waals surface area contributed by atoms with Crippen LogP contribution in [0.1, 0.15) is 38.8 Å². The van der Waals surface area contributed by atoms with Crippen molar-refractivity contribution in [1.82, 2.24) is 29.2 Å². The number of nitrogens with zero attached hydrogens (tertiary/aromatic N) is 8. The number of hydrogen-bond donors (Lipinski definition) is 0. The van der Waals surface area contributed by atoms with E-state index < -0.39 is 0 Å². The lowest BCUT2D eigenvalue weighted by Crippen LogP contribution is -2.58. The SMILES string of the molecule is CC[C@@H]1CN(c2cc(=O)n(C)c3cn(CC#N)nc23)[C@@H](C)CN1C(C)c1ccc2nccnc2c1. The van der Waals surface area contributed by atoms with Crippen LogP contribution in [0.2, 0.25) is 0 Å². The Morgan fingerprint density at radius 2 is 1.94 bits per heavy atom. The van der Waals surface area contributed by atoms with Crippen LogP contribution < -0.4 is 10.5 Å². The summed E-state index contributed by atoms with van der Waals surface area (Å²) in [5.41, 5.74) is 5.32. The van der Waals surface area contributed by atoms with Crippen LogP contribution in [0.5, 0.6) is 0 Å². The van der Waals surface area contributed by atoms with Crippen LogP contribution >= 0.6 is 0 Å². The van der Waals surface area contributed by atoms with Crippen LogP contribution in [-0.4, -0.2) is 54.4 Å². The van der Waals surface area contributed by atoms with E-state index >= 15 is 0 Å². The molecule has 0 radical (unpaired) electrons. The van der Waals surface area contributed by atoms with Gasteiger partial charge < -0.3 is 9.47 Å². The average molecular weight is 471 g/mol. The minimum Gasteiger partial charge on any atom is -0.364 e. The minimum absolute atomic E-state index is 0.0719. The van der Waals surface area contributed by atoms with E-state index in [1.165, 1.54) is 5.56 Å². The van der Waals surface area contributed by atoms with E-state index in [9.17, 15) is 4.79 Å². The van der Waals surface area contributed by atoms with Gasteiger partial charge in [0.05, 0.1) is 34.5 Å². The highest BCUT2D eigenvalue weighted by molar-refractivity contribution is 5.88. The molecule has 1 aromatic carbocycles. The van der Waals surface area contributed by atoms with Gasteiger partial charge >= 0.3 is 0 Å². The number of anilines is 1. The molecule has 1 aliphatic rings. The predicted octanol–water partition coefficient (Wildman–Crippen LogP) is 3.25. The van der Waals surface area contributed by atoms with E-state index in [1.807, 2.05) is 6.07 Å². The van der Waals surface area contributed by atoms with Gasteiger partial charge in [0.15, 0.2) is 0 Å². The maximum absolute atomic E-state index is 12.8. The number of benzene rings is 1. The Bertz CT molecular complexity index is 1480. The third-order valence-corrected chi connectivity index (χ3v) is 7.31. The summed E-state index contributed by atoms with van der Waals surface area (Å²) >= 11 is 0. The third-order valence-electron chi connectivity index (χ3n) is 7.31. The summed E-state index contributed by atoms with van der Waals surface area (Å²) in [5.74, 6) is 0. The fourth-order valence-electron chi connectivity index (χ4n) is 5.28. The minimum atomic E-state index is -0.0719. The number of rotatable bonds is 5. The zero-order valence-corrected chi connectivity index (χ0v) is 20.6. The van der Waals surface area contributed by atoms with Gasteiger partial charge in [-0.25, -0.2) is 0 Å². The molecule has 1 aliphatic heterocycles. The van der Waals surface area contributed by atoms with Crippen molar-refractivity contribution in [2.75, 3.05) is 18.0 Å². The van der Waals surface area contributed by atoms with Crippen molar-refractivity contribution >= 4 is 27.8 Å². The number of nitriles is 1. The summed E-state index contributed by atoms with van der Waals surface area (Å²) in [4.78, 5) is 26.6. The first-order valence-electron chi connectivity index (χ1n) is 12.1. The van der Waals surface area contributed by atoms with Crippen molar-refractivity contribution in [2.24, 2.45) is 7.05 Å². The summed E-state index contributed by atoms with van der Waals surface area (Å²) < 4.78 is 3.21. The summed E-state index contributed by atoms with van der Waals surface area (Å²) in [6.07, 6.45) is 6.22. The second kappa shape index (κ2) is 9.12. The average Bonchev–Trinajstić information content (AvgIpc) is 3.30. The molecule has 0 amide bonds. The Morgan fingerprint density at radius 1 is 1.17 bits per heavy atom. The lowest BCUT2D eigenvalue weighted by atomic mass is 9.98. The molecule has 1 fully saturated rings. The van der Waals surface area contributed by atoms with Crippen LogP contribution in [0.15, 0.2) is 47.7 Å². The molecule has 4 aromatic rings. The van der Waals surface area contributed by atoms with Gasteiger partial charge in [-0.3, -0.25) is 24.3 Å². The van der Waals surface area contributed by atoms with Gasteiger partial charge in [-0.15, -0.1) is 0 Å². The molecular formula is C26H30N8O. The van der Waals surface area contributed by atoms with Crippen molar-refractivity contribution in [3.05, 3.63) is 58.8 Å². The number of aryl methyl sites for hydroxylation is 1. The summed E-state index contributed by atoms with van der Waals surface area (Å²) in [6, 6.07) is 10.9. The van der Waals surface area contributed by atoms with Gasteiger partial charge in [0, 0.05) is 56.7 Å². The Balaban J connectivity index is 1.48. The van der Waals surface area contributed by atoms with E-state index in [0.29, 0.717) is 6.04 Å². The third kappa shape index (κ3) is 4.04. The molecule has 0 N–H and O–H groups in total. The number of hydrogen-bond acceptors (Lipinski definition) is 7. The van der Waals surface area contributed by atoms with Gasteiger partial charge in [0.2, 0.25) is 0 Å². The van der Waals surface area contributed by atoms with Crippen LogP contribution in [-0.2, 0) is 13.6 Å². The standard InChI is InChI=1S/C26H30N8O/c1-5-20-15-33(23-13-25(35)31(4)24-16-32(11-8-27)30-26(23)24)17(2)14-34(20)18(3)19-6-7-21-22(12-19)29-10-9-28-21/h6-7,9-10,12-13,16-18,20H,5,11,14-15H2,1-4H3/t17-,18?,20+/m0/s1. The largest absolute Gasteiger partial charge is 0.364 e. The Hall–Kier alpha value is -3.77. The van der Waals surface area contributed by atoms with E-state index in [0.717, 1.165) is 47.3 Å². The first-order valence-corrected chi connectivity index (χ1v) is 12.1. The summed E-state index contributed by atoms with van der Waals surface area (Å²) in [7, 11) is 1.75. The molecule has 4 heterocycles. The number of pyridine rings is 1. The quantitative estimate of drug-likeness (QED) is 0.442. The van der Waals surface area contributed by atoms with Gasteiger partial charge in [0.25, 0.3) is 5.56 Å². The van der Waals surface area contributed by atoms with Gasteiger partial charge in [-0.05, 0) is 38.0 Å². The Kier molecular flexibility index (Phi) is 5.99. The molecule has 35 heavy (non-hydrogen) atoms. The van der Waals surface area contributed by atoms with Crippen molar-refractivity contribution < 1.29 is 0 Å². The van der Waals surface area contributed by atoms with Crippen molar-refractivity contribution in [1.29, 1.82) is 5.26 Å². The maximum atomic E-state index is 12.8. The fraction of sp³-hybridized carbons (Fsp3) is 0.423. The molecule has 1 unspecified atom stereocenters. The number of piperazine rings is 1. The molecule has 5 rings (SSSR count). The molecule has 9 heteroatoms. The van der Waals surface area contributed by atoms with E-state index in [1.54, 1.807) is 41.0 Å². The highest BCUT2D eigenvalue weighted by Crippen LogP contribution is 2.33. The van der Waals surface area contributed by atoms with Gasteiger partial charge in [-0.1, -0.05) is 13.0 Å². The van der Waals surface area contributed by atoms with Crippen LogP contribution in [0, 0.1) is 11.3 Å². The van der Waals surface area contributed by atoms with Crippen molar-refractivity contribution in [2.45, 2.75) is 51.9 Å². The van der Waals surface area contributed by atoms with E-state index in [4.69, 9.17) is 5.26 Å². The first kappa shape index (κ1) is 23.0. The molecule has 3 aromatic heterocycles. The maximum Gasteiger partial charge on any atom is 0.252 e. The van der Waals surface area contributed by atoms with Crippen LogP contribution in [0.4, 0.5) is 5.69 Å². The fourth-order valence-corrected chi connectivity index (χ4v) is 5.28. The van der Waals surface area contributed by atoms with E-state index in [-0.39, 0.29) is 24.2 Å².